The average Bonchev–Trinajstić information content (AvgIpc) is 3.89. The summed E-state index contributed by atoms with van der Waals surface area (Å²) in [5.41, 5.74) is 15.1. The minimum atomic E-state index is -0.565. The number of para-hydroxylation sites is 3. The lowest BCUT2D eigenvalue weighted by molar-refractivity contribution is 0.483. The normalized spacial score (nSPS) is 12.6. The van der Waals surface area contributed by atoms with E-state index in [4.69, 9.17) is 9.72 Å². The van der Waals surface area contributed by atoms with E-state index in [1.807, 2.05) is 18.3 Å². The molecule has 2 aromatic heterocycles. The SMILES string of the molecule is CCCc1ccnc(-n2c3ccccc3c3ccc(Oc4cc(-c5c(CC)cccc5CC)cc(N5CN(c6c(C(C)C)cc(-c7c(F)cccc7F)cc6C(C)C)c6ccccc65)c4)cc32)c1. The van der Waals surface area contributed by atoms with Crippen LogP contribution in [0.4, 0.5) is 31.5 Å². The van der Waals surface area contributed by atoms with Crippen LogP contribution in [0.3, 0.4) is 0 Å². The van der Waals surface area contributed by atoms with Crippen LogP contribution in [0.25, 0.3) is 49.9 Å². The first-order valence-corrected chi connectivity index (χ1v) is 24.3. The van der Waals surface area contributed by atoms with Crippen molar-refractivity contribution in [2.24, 2.45) is 0 Å². The van der Waals surface area contributed by atoms with E-state index in [0.29, 0.717) is 12.2 Å². The van der Waals surface area contributed by atoms with Crippen molar-refractivity contribution in [3.8, 4) is 39.6 Å². The lowest BCUT2D eigenvalue weighted by atomic mass is 9.87. The van der Waals surface area contributed by atoms with Crippen molar-refractivity contribution in [1.82, 2.24) is 9.55 Å². The molecule has 0 bridgehead atoms. The molecular formula is C61H58F2N4O. The molecule has 5 nitrogen and oxygen atoms in total. The van der Waals surface area contributed by atoms with E-state index < -0.39 is 11.6 Å². The summed E-state index contributed by atoms with van der Waals surface area (Å²) >= 11 is 0. The summed E-state index contributed by atoms with van der Waals surface area (Å²) in [5, 5.41) is 2.30. The molecular weight excluding hydrogens is 843 g/mol. The Morgan fingerprint density at radius 3 is 1.88 bits per heavy atom. The Bertz CT molecular complexity index is 3280. The molecule has 10 rings (SSSR count). The Morgan fingerprint density at radius 1 is 0.574 bits per heavy atom. The summed E-state index contributed by atoms with van der Waals surface area (Å²) in [6.45, 7) is 15.8. The molecule has 68 heavy (non-hydrogen) atoms. The average molecular weight is 901 g/mol. The predicted octanol–water partition coefficient (Wildman–Crippen LogP) is 17.2. The standard InChI is InChI=1S/C61H58F2N4O/c1-8-17-40-28-29-64-58(30-40)67-54-23-12-11-20-48(54)49-27-26-46(36-57(49)67)68-47-32-43(59-41(9-2)18-15-19-42(59)10-3)31-45(35-47)65-37-66(56-25-14-13-24-55(56)65)61-50(38(4)5)33-44(34-51(61)39(6)7)60-52(62)21-16-22-53(60)63/h11-16,18-36,38-39H,8-10,17,37H2,1-7H3. The van der Waals surface area contributed by atoms with Crippen LogP contribution in [0.15, 0.2) is 152 Å². The summed E-state index contributed by atoms with van der Waals surface area (Å²) in [7, 11) is 0. The van der Waals surface area contributed by atoms with Gasteiger partial charge >= 0.3 is 0 Å². The molecule has 0 fully saturated rings. The minimum absolute atomic E-state index is 0.00733. The van der Waals surface area contributed by atoms with Gasteiger partial charge in [-0.15, -0.1) is 0 Å². The Morgan fingerprint density at radius 2 is 1.21 bits per heavy atom. The number of pyridine rings is 1. The van der Waals surface area contributed by atoms with Gasteiger partial charge in [-0.3, -0.25) is 4.57 Å². The number of benzene rings is 7. The number of nitrogens with zero attached hydrogens (tertiary/aromatic N) is 4. The highest BCUT2D eigenvalue weighted by atomic mass is 19.1. The molecule has 0 N–H and O–H groups in total. The van der Waals surface area contributed by atoms with Gasteiger partial charge in [0.1, 0.15) is 35.6 Å². The Balaban J connectivity index is 1.13. The van der Waals surface area contributed by atoms with Crippen molar-refractivity contribution >= 4 is 44.6 Å². The van der Waals surface area contributed by atoms with Crippen molar-refractivity contribution in [3.63, 3.8) is 0 Å². The highest BCUT2D eigenvalue weighted by Gasteiger charge is 2.33. The van der Waals surface area contributed by atoms with E-state index in [9.17, 15) is 0 Å². The molecule has 0 aliphatic carbocycles. The first-order chi connectivity index (χ1) is 33.1. The van der Waals surface area contributed by atoms with E-state index in [2.05, 4.69) is 178 Å². The quantitative estimate of drug-likeness (QED) is 0.115. The van der Waals surface area contributed by atoms with Crippen LogP contribution in [0.2, 0.25) is 0 Å². The maximum absolute atomic E-state index is 15.4. The number of hydrogen-bond donors (Lipinski definition) is 0. The summed E-state index contributed by atoms with van der Waals surface area (Å²) in [6, 6.07) is 49.2. The van der Waals surface area contributed by atoms with E-state index >= 15 is 8.78 Å². The molecule has 1 aliphatic heterocycles. The van der Waals surface area contributed by atoms with E-state index in [-0.39, 0.29) is 17.4 Å². The third-order valence-electron chi connectivity index (χ3n) is 13.6. The molecule has 7 heteroatoms. The summed E-state index contributed by atoms with van der Waals surface area (Å²) in [6.07, 6.45) is 5.74. The van der Waals surface area contributed by atoms with Crippen molar-refractivity contribution < 1.29 is 13.5 Å². The molecule has 0 unspecified atom stereocenters. The largest absolute Gasteiger partial charge is 0.457 e. The molecule has 1 aliphatic rings. The van der Waals surface area contributed by atoms with E-state index in [1.54, 1.807) is 0 Å². The van der Waals surface area contributed by atoms with Gasteiger partial charge in [0.2, 0.25) is 0 Å². The maximum Gasteiger partial charge on any atom is 0.137 e. The maximum atomic E-state index is 15.4. The van der Waals surface area contributed by atoms with Gasteiger partial charge in [-0.05, 0) is 154 Å². The summed E-state index contributed by atoms with van der Waals surface area (Å²) < 4.78 is 40.2. The van der Waals surface area contributed by atoms with Crippen LogP contribution in [0.5, 0.6) is 11.5 Å². The van der Waals surface area contributed by atoms with Crippen LogP contribution in [-0.4, -0.2) is 16.2 Å². The second-order valence-corrected chi connectivity index (χ2v) is 18.7. The molecule has 9 aromatic rings. The molecule has 7 aromatic carbocycles. The summed E-state index contributed by atoms with van der Waals surface area (Å²) in [4.78, 5) is 9.66. The molecule has 0 saturated carbocycles. The molecule has 0 spiro atoms. The van der Waals surface area contributed by atoms with Gasteiger partial charge in [0.25, 0.3) is 0 Å². The van der Waals surface area contributed by atoms with Crippen molar-refractivity contribution in [1.29, 1.82) is 0 Å². The van der Waals surface area contributed by atoms with Crippen molar-refractivity contribution in [2.75, 3.05) is 16.5 Å². The molecule has 3 heterocycles. The zero-order chi connectivity index (χ0) is 47.2. The number of fused-ring (bicyclic) bond motifs is 4. The molecule has 0 amide bonds. The fraction of sp³-hybridized carbons (Fsp3) is 0.230. The number of hydrogen-bond acceptors (Lipinski definition) is 4. The van der Waals surface area contributed by atoms with Crippen LogP contribution in [0.1, 0.15) is 94.5 Å². The Kier molecular flexibility index (Phi) is 12.1. The number of ether oxygens (including phenoxy) is 1. The second-order valence-electron chi connectivity index (χ2n) is 18.7. The van der Waals surface area contributed by atoms with Crippen LogP contribution in [0, 0.1) is 11.6 Å². The van der Waals surface area contributed by atoms with Gasteiger partial charge in [-0.2, -0.15) is 0 Å². The fourth-order valence-electron chi connectivity index (χ4n) is 10.4. The first kappa shape index (κ1) is 44.6. The van der Waals surface area contributed by atoms with Crippen LogP contribution >= 0.6 is 0 Å². The zero-order valence-corrected chi connectivity index (χ0v) is 40.1. The third-order valence-corrected chi connectivity index (χ3v) is 13.6. The van der Waals surface area contributed by atoms with Crippen LogP contribution in [-0.2, 0) is 19.3 Å². The highest BCUT2D eigenvalue weighted by Crippen LogP contribution is 2.51. The lowest BCUT2D eigenvalue weighted by Gasteiger charge is -2.30. The summed E-state index contributed by atoms with van der Waals surface area (Å²) in [5.74, 6) is 1.34. The molecule has 0 atom stereocenters. The van der Waals surface area contributed by atoms with Crippen molar-refractivity contribution in [2.45, 2.75) is 86.0 Å². The molecule has 0 saturated heterocycles. The van der Waals surface area contributed by atoms with Crippen LogP contribution < -0.4 is 14.5 Å². The number of anilines is 4. The van der Waals surface area contributed by atoms with Gasteiger partial charge in [0, 0.05) is 40.5 Å². The van der Waals surface area contributed by atoms with Gasteiger partial charge < -0.3 is 14.5 Å². The number of aromatic nitrogens is 2. The lowest BCUT2D eigenvalue weighted by Crippen LogP contribution is -2.26. The smallest absolute Gasteiger partial charge is 0.137 e. The molecule has 342 valence electrons. The monoisotopic (exact) mass is 900 g/mol. The second kappa shape index (κ2) is 18.4. The topological polar surface area (TPSA) is 33.5 Å². The number of rotatable bonds is 13. The third kappa shape index (κ3) is 7.97. The minimum Gasteiger partial charge on any atom is -0.457 e. The zero-order valence-electron chi connectivity index (χ0n) is 40.1. The van der Waals surface area contributed by atoms with Gasteiger partial charge in [-0.25, -0.2) is 13.8 Å². The fourth-order valence-corrected chi connectivity index (χ4v) is 10.4. The first-order valence-electron chi connectivity index (χ1n) is 24.3. The number of aryl methyl sites for hydroxylation is 3. The highest BCUT2D eigenvalue weighted by molar-refractivity contribution is 6.09. The Hall–Kier alpha value is -7.25. The van der Waals surface area contributed by atoms with Gasteiger partial charge in [0.05, 0.1) is 28.0 Å². The van der Waals surface area contributed by atoms with Gasteiger partial charge in [-0.1, -0.05) is 109 Å². The van der Waals surface area contributed by atoms with Gasteiger partial charge in [0.15, 0.2) is 0 Å². The van der Waals surface area contributed by atoms with E-state index in [1.165, 1.54) is 40.5 Å². The Labute approximate surface area is 399 Å². The predicted molar refractivity (Wildman–Crippen MR) is 279 cm³/mol. The number of halogens is 2. The molecule has 0 radical (unpaired) electrons. The van der Waals surface area contributed by atoms with Crippen molar-refractivity contribution in [3.05, 3.63) is 191 Å². The van der Waals surface area contributed by atoms with E-state index in [0.717, 1.165) is 104 Å².